The van der Waals surface area contributed by atoms with Crippen molar-refractivity contribution in [2.75, 3.05) is 11.1 Å². The van der Waals surface area contributed by atoms with E-state index < -0.39 is 0 Å². The maximum Gasteiger partial charge on any atom is 0.256 e. The minimum absolute atomic E-state index is 0.0135. The molecule has 0 fully saturated rings. The van der Waals surface area contributed by atoms with E-state index in [0.29, 0.717) is 28.1 Å². The van der Waals surface area contributed by atoms with Crippen molar-refractivity contribution in [3.8, 4) is 11.5 Å². The molecular formula is C15H12N2O3. The number of aromatic hydroxyl groups is 2. The highest BCUT2D eigenvalue weighted by Gasteiger charge is 2.24. The minimum atomic E-state index is -0.270. The number of hydrogen-bond acceptors (Lipinski definition) is 4. The van der Waals surface area contributed by atoms with E-state index in [1.807, 2.05) is 0 Å². The first-order valence-electron chi connectivity index (χ1n) is 5.99. The number of nitrogen functional groups attached to an aromatic ring is 1. The first kappa shape index (κ1) is 12.1. The molecule has 3 rings (SSSR count). The molecule has 2 aromatic carbocycles. The number of hydrogen-bond donors (Lipinski definition) is 4. The number of fused-ring (bicyclic) bond motifs is 1. The number of nitrogens with one attached hydrogen (secondary N) is 1. The third-order valence-electron chi connectivity index (χ3n) is 3.14. The van der Waals surface area contributed by atoms with E-state index in [1.165, 1.54) is 24.3 Å². The Morgan fingerprint density at radius 1 is 1.10 bits per heavy atom. The van der Waals surface area contributed by atoms with Crippen molar-refractivity contribution in [3.63, 3.8) is 0 Å². The molecule has 0 saturated carbocycles. The van der Waals surface area contributed by atoms with Crippen molar-refractivity contribution in [2.45, 2.75) is 0 Å². The van der Waals surface area contributed by atoms with Gasteiger partial charge in [-0.25, -0.2) is 0 Å². The molecule has 20 heavy (non-hydrogen) atoms. The molecule has 0 spiro atoms. The highest BCUT2D eigenvalue weighted by Crippen LogP contribution is 2.36. The number of nitrogens with two attached hydrogens (primary N) is 1. The minimum Gasteiger partial charge on any atom is -0.508 e. The molecule has 100 valence electrons. The predicted molar refractivity (Wildman–Crippen MR) is 77.1 cm³/mol. The molecule has 0 radical (unpaired) electrons. The summed E-state index contributed by atoms with van der Waals surface area (Å²) in [5.74, 6) is -0.269. The van der Waals surface area contributed by atoms with Crippen molar-refractivity contribution < 1.29 is 15.0 Å². The van der Waals surface area contributed by atoms with Crippen LogP contribution < -0.4 is 11.1 Å². The van der Waals surface area contributed by atoms with E-state index in [9.17, 15) is 15.0 Å². The summed E-state index contributed by atoms with van der Waals surface area (Å²) in [6.45, 7) is 0. The van der Waals surface area contributed by atoms with Crippen LogP contribution in [0.5, 0.6) is 11.5 Å². The first-order valence-corrected chi connectivity index (χ1v) is 5.99. The van der Waals surface area contributed by atoms with Gasteiger partial charge in [0.25, 0.3) is 5.91 Å². The van der Waals surface area contributed by atoms with Crippen molar-refractivity contribution in [1.29, 1.82) is 0 Å². The van der Waals surface area contributed by atoms with Gasteiger partial charge < -0.3 is 21.3 Å². The van der Waals surface area contributed by atoms with Crippen LogP contribution in [0.1, 0.15) is 11.1 Å². The van der Waals surface area contributed by atoms with E-state index in [1.54, 1.807) is 18.2 Å². The maximum absolute atomic E-state index is 12.0. The predicted octanol–water partition coefficient (Wildman–Crippen LogP) is 2.17. The summed E-state index contributed by atoms with van der Waals surface area (Å²) >= 11 is 0. The van der Waals surface area contributed by atoms with Gasteiger partial charge in [0.05, 0.1) is 0 Å². The normalized spacial score (nSPS) is 15.2. The lowest BCUT2D eigenvalue weighted by Crippen LogP contribution is -2.03. The lowest BCUT2D eigenvalue weighted by atomic mass is 10.0. The van der Waals surface area contributed by atoms with Crippen LogP contribution in [0.25, 0.3) is 11.6 Å². The number of benzene rings is 2. The number of carbonyl (C=O) groups excluding carboxylic acids is 1. The number of carbonyl (C=O) groups is 1. The summed E-state index contributed by atoms with van der Waals surface area (Å²) in [4.78, 5) is 12.0. The van der Waals surface area contributed by atoms with Crippen molar-refractivity contribution in [2.24, 2.45) is 0 Å². The largest absolute Gasteiger partial charge is 0.508 e. The van der Waals surface area contributed by atoms with E-state index in [-0.39, 0.29) is 17.4 Å². The third-order valence-corrected chi connectivity index (χ3v) is 3.14. The highest BCUT2D eigenvalue weighted by atomic mass is 16.3. The lowest BCUT2D eigenvalue weighted by molar-refractivity contribution is -0.110. The average Bonchev–Trinajstić information content (AvgIpc) is 2.70. The van der Waals surface area contributed by atoms with Gasteiger partial charge >= 0.3 is 0 Å². The summed E-state index contributed by atoms with van der Waals surface area (Å²) in [6.07, 6.45) is 1.52. The summed E-state index contributed by atoms with van der Waals surface area (Å²) in [6, 6.07) is 9.26. The molecule has 5 N–H and O–H groups in total. The molecule has 1 amide bonds. The van der Waals surface area contributed by atoms with Crippen LogP contribution in [0.2, 0.25) is 0 Å². The van der Waals surface area contributed by atoms with Gasteiger partial charge in [0.1, 0.15) is 11.5 Å². The van der Waals surface area contributed by atoms with Crippen LogP contribution >= 0.6 is 0 Å². The maximum atomic E-state index is 12.0. The molecule has 2 aromatic rings. The Hall–Kier alpha value is -2.95. The standard InChI is InChI=1S/C15H12N2O3/c16-9-1-3-13-11(7-9)12(15(20)17-13)6-8-5-10(18)2-4-14(8)19/h1-7,18-19H,16H2,(H,17,20)/b12-6+. The summed E-state index contributed by atoms with van der Waals surface area (Å²) in [5, 5.41) is 21.9. The zero-order chi connectivity index (χ0) is 14.3. The van der Waals surface area contributed by atoms with Gasteiger partial charge in [0.2, 0.25) is 0 Å². The summed E-state index contributed by atoms with van der Waals surface area (Å²) < 4.78 is 0. The molecular weight excluding hydrogens is 256 g/mol. The fraction of sp³-hybridized carbons (Fsp3) is 0. The monoisotopic (exact) mass is 268 g/mol. The summed E-state index contributed by atoms with van der Waals surface area (Å²) in [7, 11) is 0. The molecule has 1 aliphatic heterocycles. The fourth-order valence-corrected chi connectivity index (χ4v) is 2.16. The van der Waals surface area contributed by atoms with Crippen LogP contribution in [0, 0.1) is 0 Å². The Morgan fingerprint density at radius 2 is 1.90 bits per heavy atom. The fourth-order valence-electron chi connectivity index (χ4n) is 2.16. The van der Waals surface area contributed by atoms with Crippen LogP contribution in [-0.4, -0.2) is 16.1 Å². The number of anilines is 2. The van der Waals surface area contributed by atoms with E-state index in [4.69, 9.17) is 5.73 Å². The molecule has 0 saturated heterocycles. The molecule has 0 aromatic heterocycles. The van der Waals surface area contributed by atoms with Crippen molar-refractivity contribution >= 4 is 28.9 Å². The number of rotatable bonds is 1. The van der Waals surface area contributed by atoms with Crippen molar-refractivity contribution in [3.05, 3.63) is 47.5 Å². The zero-order valence-corrected chi connectivity index (χ0v) is 10.4. The average molecular weight is 268 g/mol. The molecule has 5 heteroatoms. The van der Waals surface area contributed by atoms with Gasteiger partial charge in [-0.2, -0.15) is 0 Å². The molecule has 1 aliphatic rings. The zero-order valence-electron chi connectivity index (χ0n) is 10.4. The van der Waals surface area contributed by atoms with E-state index >= 15 is 0 Å². The Labute approximate surface area is 115 Å². The van der Waals surface area contributed by atoms with Crippen LogP contribution in [0.3, 0.4) is 0 Å². The Kier molecular flexibility index (Phi) is 2.61. The molecule has 0 aliphatic carbocycles. The highest BCUT2D eigenvalue weighted by molar-refractivity contribution is 6.35. The topological polar surface area (TPSA) is 95.6 Å². The summed E-state index contributed by atoms with van der Waals surface area (Å²) in [5.41, 5.74) is 8.39. The van der Waals surface area contributed by atoms with Crippen molar-refractivity contribution in [1.82, 2.24) is 0 Å². The quantitative estimate of drug-likeness (QED) is 0.362. The Morgan fingerprint density at radius 3 is 2.70 bits per heavy atom. The van der Waals surface area contributed by atoms with Gasteiger partial charge in [-0.1, -0.05) is 0 Å². The van der Waals surface area contributed by atoms with E-state index in [0.717, 1.165) is 0 Å². The van der Waals surface area contributed by atoms with Gasteiger partial charge in [0.15, 0.2) is 0 Å². The smallest absolute Gasteiger partial charge is 0.256 e. The first-order chi connectivity index (χ1) is 9.54. The second-order valence-corrected chi connectivity index (χ2v) is 4.56. The molecule has 5 nitrogen and oxygen atoms in total. The second-order valence-electron chi connectivity index (χ2n) is 4.56. The van der Waals surface area contributed by atoms with Gasteiger partial charge in [-0.05, 0) is 42.5 Å². The Bertz CT molecular complexity index is 751. The SMILES string of the molecule is Nc1ccc2c(c1)/C(=C\c1cc(O)ccc1O)C(=O)N2. The molecule has 1 heterocycles. The van der Waals surface area contributed by atoms with Gasteiger partial charge in [-0.15, -0.1) is 0 Å². The Balaban J connectivity index is 2.15. The number of phenols is 2. The second kappa shape index (κ2) is 4.31. The van der Waals surface area contributed by atoms with Gasteiger partial charge in [0, 0.05) is 28.1 Å². The van der Waals surface area contributed by atoms with Gasteiger partial charge in [-0.3, -0.25) is 4.79 Å². The van der Waals surface area contributed by atoms with E-state index in [2.05, 4.69) is 5.32 Å². The molecule has 0 bridgehead atoms. The molecule has 0 unspecified atom stereocenters. The van der Waals surface area contributed by atoms with Crippen LogP contribution in [-0.2, 0) is 4.79 Å². The number of phenolic OH excluding ortho intramolecular Hbond substituents is 2. The number of amides is 1. The van der Waals surface area contributed by atoms with Crippen LogP contribution in [0.15, 0.2) is 36.4 Å². The molecule has 0 atom stereocenters. The lowest BCUT2D eigenvalue weighted by Gasteiger charge is -2.03. The third kappa shape index (κ3) is 1.95. The van der Waals surface area contributed by atoms with Crippen LogP contribution in [0.4, 0.5) is 11.4 Å².